The molecule has 1 saturated heterocycles. The number of amides is 1. The molecule has 21 heavy (non-hydrogen) atoms. The molecule has 0 atom stereocenters. The van der Waals surface area contributed by atoms with Crippen molar-refractivity contribution < 1.29 is 14.3 Å². The zero-order chi connectivity index (χ0) is 14.7. The normalized spacial score (nSPS) is 17.6. The number of hydrogen-bond donors (Lipinski definition) is 1. The van der Waals surface area contributed by atoms with Crippen LogP contribution in [0.1, 0.15) is 25.7 Å². The highest BCUT2D eigenvalue weighted by Crippen LogP contribution is 2.30. The van der Waals surface area contributed by atoms with Gasteiger partial charge in [-0.25, -0.2) is 0 Å². The minimum atomic E-state index is -0.294. The number of esters is 1. The lowest BCUT2D eigenvalue weighted by Crippen LogP contribution is -2.21. The van der Waals surface area contributed by atoms with E-state index in [4.69, 9.17) is 4.74 Å². The summed E-state index contributed by atoms with van der Waals surface area (Å²) in [4.78, 5) is 25.4. The van der Waals surface area contributed by atoms with Gasteiger partial charge in [-0.15, -0.1) is 0 Å². The lowest BCUT2D eigenvalue weighted by molar-refractivity contribution is -0.148. The van der Waals surface area contributed by atoms with Crippen LogP contribution in [0.3, 0.4) is 0 Å². The second kappa shape index (κ2) is 6.16. The van der Waals surface area contributed by atoms with Crippen LogP contribution in [0, 0.1) is 5.92 Å². The van der Waals surface area contributed by atoms with Crippen LogP contribution >= 0.6 is 0 Å². The van der Waals surface area contributed by atoms with Gasteiger partial charge >= 0.3 is 5.97 Å². The fourth-order valence-corrected chi connectivity index (χ4v) is 2.50. The Labute approximate surface area is 124 Å². The highest BCUT2D eigenvalue weighted by molar-refractivity contribution is 5.93. The smallest absolute Gasteiger partial charge is 0.309 e. The summed E-state index contributed by atoms with van der Waals surface area (Å²) in [5.41, 5.74) is 1.91. The molecule has 0 spiro atoms. The Balaban J connectivity index is 1.47. The van der Waals surface area contributed by atoms with Crippen LogP contribution in [0.4, 0.5) is 11.4 Å². The number of ether oxygens (including phenoxy) is 1. The Kier molecular flexibility index (Phi) is 4.08. The van der Waals surface area contributed by atoms with E-state index < -0.39 is 0 Å². The Bertz CT molecular complexity index is 517. The van der Waals surface area contributed by atoms with Crippen LogP contribution in [0.15, 0.2) is 24.3 Å². The van der Waals surface area contributed by atoms with Crippen LogP contribution in [0.25, 0.3) is 0 Å². The largest absolute Gasteiger partial charge is 0.455 e. The van der Waals surface area contributed by atoms with Crippen LogP contribution in [0.2, 0.25) is 0 Å². The first-order valence-electron chi connectivity index (χ1n) is 7.54. The summed E-state index contributed by atoms with van der Waals surface area (Å²) < 4.78 is 4.95. The molecule has 0 radical (unpaired) electrons. The lowest BCUT2D eigenvalue weighted by Gasteiger charge is -2.17. The monoisotopic (exact) mass is 288 g/mol. The van der Waals surface area contributed by atoms with Gasteiger partial charge in [0.25, 0.3) is 5.91 Å². The second-order valence-electron chi connectivity index (χ2n) is 5.67. The van der Waals surface area contributed by atoms with Gasteiger partial charge in [0.1, 0.15) is 0 Å². The molecule has 0 aromatic heterocycles. The van der Waals surface area contributed by atoms with Crippen molar-refractivity contribution >= 4 is 23.3 Å². The number of nitrogens with zero attached hydrogens (tertiary/aromatic N) is 1. The van der Waals surface area contributed by atoms with E-state index in [1.165, 1.54) is 18.5 Å². The van der Waals surface area contributed by atoms with Gasteiger partial charge < -0.3 is 15.0 Å². The maximum atomic E-state index is 11.7. The average molecular weight is 288 g/mol. The summed E-state index contributed by atoms with van der Waals surface area (Å²) in [6.45, 7) is 1.99. The van der Waals surface area contributed by atoms with Gasteiger partial charge in [0.05, 0.1) is 5.92 Å². The second-order valence-corrected chi connectivity index (χ2v) is 5.67. The Morgan fingerprint density at radius 2 is 1.81 bits per heavy atom. The van der Waals surface area contributed by atoms with Crippen molar-refractivity contribution in [2.45, 2.75) is 25.7 Å². The van der Waals surface area contributed by atoms with Crippen molar-refractivity contribution in [2.75, 3.05) is 29.9 Å². The van der Waals surface area contributed by atoms with E-state index in [9.17, 15) is 9.59 Å². The average Bonchev–Trinajstić information content (AvgIpc) is 3.21. The molecule has 1 amide bonds. The first-order valence-corrected chi connectivity index (χ1v) is 7.54. The molecule has 5 nitrogen and oxygen atoms in total. The minimum Gasteiger partial charge on any atom is -0.455 e. The third-order valence-corrected chi connectivity index (χ3v) is 3.88. The summed E-state index contributed by atoms with van der Waals surface area (Å²) in [6, 6.07) is 7.79. The molecule has 1 heterocycles. The van der Waals surface area contributed by atoms with Gasteiger partial charge in [0.15, 0.2) is 6.61 Å². The minimum absolute atomic E-state index is 0.0255. The van der Waals surface area contributed by atoms with Crippen LogP contribution in [-0.4, -0.2) is 31.6 Å². The van der Waals surface area contributed by atoms with Gasteiger partial charge in [-0.1, -0.05) is 0 Å². The summed E-state index contributed by atoms with van der Waals surface area (Å²) in [5, 5.41) is 2.74. The molecule has 0 unspecified atom stereocenters. The van der Waals surface area contributed by atoms with E-state index in [-0.39, 0.29) is 24.4 Å². The molecule has 1 aliphatic carbocycles. The molecule has 0 bridgehead atoms. The molecular formula is C16H20N2O3. The van der Waals surface area contributed by atoms with Gasteiger partial charge in [0.2, 0.25) is 0 Å². The zero-order valence-electron chi connectivity index (χ0n) is 12.0. The van der Waals surface area contributed by atoms with Crippen molar-refractivity contribution in [2.24, 2.45) is 5.92 Å². The topological polar surface area (TPSA) is 58.6 Å². The summed E-state index contributed by atoms with van der Waals surface area (Å²) in [7, 11) is 0. The molecule has 1 aromatic rings. The van der Waals surface area contributed by atoms with Crippen molar-refractivity contribution in [3.63, 3.8) is 0 Å². The number of rotatable bonds is 5. The Hall–Kier alpha value is -2.04. The molecule has 1 N–H and O–H groups in total. The molecule has 3 rings (SSSR count). The van der Waals surface area contributed by atoms with Crippen molar-refractivity contribution in [1.82, 2.24) is 0 Å². The highest BCUT2D eigenvalue weighted by Gasteiger charge is 2.31. The lowest BCUT2D eigenvalue weighted by atomic mass is 10.2. The molecule has 1 aromatic carbocycles. The third kappa shape index (κ3) is 3.74. The van der Waals surface area contributed by atoms with E-state index in [1.54, 1.807) is 0 Å². The number of hydrogen-bond acceptors (Lipinski definition) is 4. The fraction of sp³-hybridized carbons (Fsp3) is 0.500. The summed E-state index contributed by atoms with van der Waals surface area (Å²) in [6.07, 6.45) is 4.26. The van der Waals surface area contributed by atoms with E-state index in [0.29, 0.717) is 0 Å². The van der Waals surface area contributed by atoms with Crippen LogP contribution in [-0.2, 0) is 14.3 Å². The Morgan fingerprint density at radius 1 is 1.14 bits per heavy atom. The summed E-state index contributed by atoms with van der Waals surface area (Å²) in [5.74, 6) is -0.523. The van der Waals surface area contributed by atoms with Gasteiger partial charge in [0, 0.05) is 24.5 Å². The molecule has 1 saturated carbocycles. The fourth-order valence-electron chi connectivity index (χ4n) is 2.50. The number of nitrogens with one attached hydrogen (secondary N) is 1. The predicted octanol–water partition coefficient (Wildman–Crippen LogP) is 2.18. The Morgan fingerprint density at radius 3 is 2.43 bits per heavy atom. The molecular weight excluding hydrogens is 268 g/mol. The zero-order valence-corrected chi connectivity index (χ0v) is 12.0. The van der Waals surface area contributed by atoms with Crippen molar-refractivity contribution in [1.29, 1.82) is 0 Å². The maximum Gasteiger partial charge on any atom is 0.309 e. The standard InChI is InChI=1S/C16H20N2O3/c19-15(11-21-16(20)12-3-4-12)17-13-5-7-14(8-6-13)18-9-1-2-10-18/h5-8,12H,1-4,9-11H2,(H,17,19). The molecule has 112 valence electrons. The van der Waals surface area contributed by atoms with E-state index >= 15 is 0 Å². The number of carbonyl (C=O) groups excluding carboxylic acids is 2. The highest BCUT2D eigenvalue weighted by atomic mass is 16.5. The number of carbonyl (C=O) groups is 2. The predicted molar refractivity (Wildman–Crippen MR) is 80.2 cm³/mol. The molecule has 1 aliphatic heterocycles. The van der Waals surface area contributed by atoms with Crippen LogP contribution in [0.5, 0.6) is 0 Å². The van der Waals surface area contributed by atoms with E-state index in [0.717, 1.165) is 31.6 Å². The molecule has 5 heteroatoms. The summed E-state index contributed by atoms with van der Waals surface area (Å²) >= 11 is 0. The number of benzene rings is 1. The first kappa shape index (κ1) is 13.9. The molecule has 2 fully saturated rings. The van der Waals surface area contributed by atoms with E-state index in [1.807, 2.05) is 24.3 Å². The number of anilines is 2. The first-order chi connectivity index (χ1) is 10.2. The van der Waals surface area contributed by atoms with E-state index in [2.05, 4.69) is 10.2 Å². The van der Waals surface area contributed by atoms with Crippen molar-refractivity contribution in [3.05, 3.63) is 24.3 Å². The third-order valence-electron chi connectivity index (χ3n) is 3.88. The quantitative estimate of drug-likeness (QED) is 0.844. The van der Waals surface area contributed by atoms with Gasteiger partial charge in [-0.05, 0) is 49.9 Å². The van der Waals surface area contributed by atoms with Crippen molar-refractivity contribution in [3.8, 4) is 0 Å². The van der Waals surface area contributed by atoms with Crippen LogP contribution < -0.4 is 10.2 Å². The van der Waals surface area contributed by atoms with Gasteiger partial charge in [-0.3, -0.25) is 9.59 Å². The molecule has 2 aliphatic rings. The SMILES string of the molecule is O=C(COC(=O)C1CC1)Nc1ccc(N2CCCC2)cc1. The van der Waals surface area contributed by atoms with Gasteiger partial charge in [-0.2, -0.15) is 0 Å². The maximum absolute atomic E-state index is 11.7.